The maximum Gasteiger partial charge on any atom is 0.317 e. The number of fused-ring (bicyclic) bond motifs is 5. The minimum Gasteiger partial charge on any atom is -0.339 e. The number of likely N-dealkylation sites (tertiary alicyclic amines) is 1. The third-order valence-electron chi connectivity index (χ3n) is 10.2. The number of piperidine rings is 2. The van der Waals surface area contributed by atoms with Crippen molar-refractivity contribution in [1.82, 2.24) is 20.0 Å². The summed E-state index contributed by atoms with van der Waals surface area (Å²) < 4.78 is 13.6. The molecule has 2 bridgehead atoms. The molecule has 4 heterocycles. The standard InChI is InChI=1S/C34H40FN5O2/c1-37-23-40(30-5-3-2-4-6-30)34(32(37)41)13-15-38(16-14-34)33(42)36-29-18-25-8-12-31(20-29)39(22-25)21-24-7-9-27-19-28(35)11-10-26(27)17-24/h2-7,9-11,17,19,25,29,31H,8,12-16,18,20-23H2,1H3,(H,36,42)/t25-,29?,31-/m0/s1. The van der Waals surface area contributed by atoms with Crippen LogP contribution in [0.5, 0.6) is 0 Å². The molecule has 1 N–H and O–H groups in total. The summed E-state index contributed by atoms with van der Waals surface area (Å²) >= 11 is 0. The number of hydrogen-bond donors (Lipinski definition) is 1. The van der Waals surface area contributed by atoms with Gasteiger partial charge in [0.2, 0.25) is 5.91 Å². The van der Waals surface area contributed by atoms with Crippen molar-refractivity contribution in [2.45, 2.75) is 62.7 Å². The molecule has 4 saturated heterocycles. The minimum atomic E-state index is -0.578. The van der Waals surface area contributed by atoms with Crippen LogP contribution >= 0.6 is 0 Å². The Hall–Kier alpha value is -3.65. The first-order valence-corrected chi connectivity index (χ1v) is 15.4. The lowest BCUT2D eigenvalue weighted by molar-refractivity contribution is -0.132. The molecule has 0 aromatic heterocycles. The largest absolute Gasteiger partial charge is 0.339 e. The molecule has 0 radical (unpaired) electrons. The lowest BCUT2D eigenvalue weighted by Crippen LogP contribution is -2.59. The van der Waals surface area contributed by atoms with Gasteiger partial charge in [-0.05, 0) is 91.1 Å². The summed E-state index contributed by atoms with van der Waals surface area (Å²) in [5, 5.41) is 5.40. The lowest BCUT2D eigenvalue weighted by Gasteiger charge is -2.43. The highest BCUT2D eigenvalue weighted by Gasteiger charge is 2.53. The number of nitrogens with one attached hydrogen (secondary N) is 1. The van der Waals surface area contributed by atoms with E-state index in [9.17, 15) is 14.0 Å². The molecule has 8 heteroatoms. The zero-order valence-corrected chi connectivity index (χ0v) is 24.3. The van der Waals surface area contributed by atoms with Crippen molar-refractivity contribution < 1.29 is 14.0 Å². The summed E-state index contributed by atoms with van der Waals surface area (Å²) in [6.07, 6.45) is 5.62. The first-order chi connectivity index (χ1) is 20.4. The van der Waals surface area contributed by atoms with E-state index in [0.29, 0.717) is 44.6 Å². The van der Waals surface area contributed by atoms with E-state index in [-0.39, 0.29) is 23.8 Å². The molecule has 3 aromatic carbocycles. The Bertz CT molecular complexity index is 1470. The van der Waals surface area contributed by atoms with E-state index >= 15 is 0 Å². The van der Waals surface area contributed by atoms with Crippen LogP contribution in [-0.2, 0) is 11.3 Å². The molecule has 42 heavy (non-hydrogen) atoms. The van der Waals surface area contributed by atoms with Crippen LogP contribution in [0.1, 0.15) is 44.1 Å². The van der Waals surface area contributed by atoms with Crippen molar-refractivity contribution in [1.29, 1.82) is 0 Å². The van der Waals surface area contributed by atoms with Gasteiger partial charge in [-0.25, -0.2) is 9.18 Å². The Balaban J connectivity index is 0.979. The van der Waals surface area contributed by atoms with E-state index < -0.39 is 5.54 Å². The third kappa shape index (κ3) is 5.00. The van der Waals surface area contributed by atoms with Gasteiger partial charge in [-0.2, -0.15) is 0 Å². The molecule has 3 aromatic rings. The summed E-state index contributed by atoms with van der Waals surface area (Å²) in [6.45, 7) is 3.66. The van der Waals surface area contributed by atoms with Crippen LogP contribution in [-0.4, -0.2) is 77.6 Å². The minimum absolute atomic E-state index is 0.00882. The van der Waals surface area contributed by atoms with Crippen LogP contribution in [0.4, 0.5) is 14.9 Å². The maximum absolute atomic E-state index is 13.6. The molecule has 7 nitrogen and oxygen atoms in total. The van der Waals surface area contributed by atoms with Crippen molar-refractivity contribution in [3.8, 4) is 0 Å². The van der Waals surface area contributed by atoms with Gasteiger partial charge in [0.15, 0.2) is 0 Å². The number of urea groups is 1. The Morgan fingerprint density at radius 1 is 0.976 bits per heavy atom. The number of nitrogens with zero attached hydrogens (tertiary/aromatic N) is 4. The first kappa shape index (κ1) is 27.2. The number of anilines is 1. The quantitative estimate of drug-likeness (QED) is 0.469. The first-order valence-electron chi connectivity index (χ1n) is 15.4. The van der Waals surface area contributed by atoms with Gasteiger partial charge in [0.25, 0.3) is 0 Å². The van der Waals surface area contributed by atoms with Crippen LogP contribution in [0, 0.1) is 11.7 Å². The van der Waals surface area contributed by atoms with E-state index in [1.54, 1.807) is 6.07 Å². The van der Waals surface area contributed by atoms with Crippen LogP contribution < -0.4 is 10.2 Å². The molecule has 5 aliphatic rings. The van der Waals surface area contributed by atoms with Crippen molar-refractivity contribution in [2.75, 3.05) is 38.3 Å². The summed E-state index contributed by atoms with van der Waals surface area (Å²) in [5.41, 5.74) is 1.73. The van der Waals surface area contributed by atoms with Gasteiger partial charge in [0, 0.05) is 51.0 Å². The highest BCUT2D eigenvalue weighted by Crippen LogP contribution is 2.39. The van der Waals surface area contributed by atoms with Gasteiger partial charge in [0.1, 0.15) is 11.4 Å². The van der Waals surface area contributed by atoms with Crippen molar-refractivity contribution >= 4 is 28.4 Å². The van der Waals surface area contributed by atoms with Crippen molar-refractivity contribution in [3.05, 3.63) is 78.1 Å². The zero-order valence-electron chi connectivity index (χ0n) is 24.3. The van der Waals surface area contributed by atoms with E-state index in [0.717, 1.165) is 48.8 Å². The second-order valence-corrected chi connectivity index (χ2v) is 12.9. The Kier molecular flexibility index (Phi) is 7.05. The molecule has 3 atom stereocenters. The predicted octanol–water partition coefficient (Wildman–Crippen LogP) is 5.20. The van der Waals surface area contributed by atoms with Gasteiger partial charge in [-0.3, -0.25) is 9.69 Å². The average molecular weight is 570 g/mol. The second kappa shape index (κ2) is 10.9. The number of rotatable bonds is 4. The highest BCUT2D eigenvalue weighted by atomic mass is 19.1. The molecular formula is C34H40FN5O2. The smallest absolute Gasteiger partial charge is 0.317 e. The Morgan fingerprint density at radius 2 is 1.74 bits per heavy atom. The van der Waals surface area contributed by atoms with Gasteiger partial charge in [-0.1, -0.05) is 36.4 Å². The molecule has 5 fully saturated rings. The topological polar surface area (TPSA) is 59.1 Å². The molecule has 8 rings (SSSR count). The summed E-state index contributed by atoms with van der Waals surface area (Å²) in [4.78, 5) is 35.4. The average Bonchev–Trinajstić information content (AvgIpc) is 3.15. The SMILES string of the molecule is CN1CN(c2ccccc2)C2(CCN(C(=O)NC3C[C@@H]4CC[C@@H](C3)N(Cc3ccc5cc(F)ccc5c3)C4)CC2)C1=O. The van der Waals surface area contributed by atoms with Crippen LogP contribution in [0.15, 0.2) is 66.7 Å². The predicted molar refractivity (Wildman–Crippen MR) is 162 cm³/mol. The molecule has 3 amide bonds. The number of benzene rings is 3. The summed E-state index contributed by atoms with van der Waals surface area (Å²) in [7, 11) is 1.87. The fourth-order valence-electron chi connectivity index (χ4n) is 8.03. The van der Waals surface area contributed by atoms with Crippen LogP contribution in [0.2, 0.25) is 0 Å². The monoisotopic (exact) mass is 569 g/mol. The van der Waals surface area contributed by atoms with E-state index in [2.05, 4.69) is 39.4 Å². The number of carbonyl (C=O) groups excluding carboxylic acids is 2. The normalized spacial score (nSPS) is 25.8. The summed E-state index contributed by atoms with van der Waals surface area (Å²) in [5.74, 6) is 0.524. The number of carbonyl (C=O) groups is 2. The highest BCUT2D eigenvalue weighted by molar-refractivity contribution is 5.93. The zero-order chi connectivity index (χ0) is 28.8. The van der Waals surface area contributed by atoms with Gasteiger partial charge in [0.05, 0.1) is 6.67 Å². The van der Waals surface area contributed by atoms with Crippen molar-refractivity contribution in [2.24, 2.45) is 5.92 Å². The molecule has 1 saturated carbocycles. The van der Waals surface area contributed by atoms with E-state index in [1.165, 1.54) is 18.1 Å². The molecule has 1 aliphatic carbocycles. The number of likely N-dealkylation sites (N-methyl/N-ethyl adjacent to an activating group) is 1. The summed E-state index contributed by atoms with van der Waals surface area (Å²) in [6, 6.07) is 22.1. The van der Waals surface area contributed by atoms with Crippen molar-refractivity contribution in [3.63, 3.8) is 0 Å². The van der Waals surface area contributed by atoms with E-state index in [4.69, 9.17) is 0 Å². The number of hydrogen-bond acceptors (Lipinski definition) is 4. The van der Waals surface area contributed by atoms with E-state index in [1.807, 2.05) is 47.2 Å². The molecular weight excluding hydrogens is 529 g/mol. The van der Waals surface area contributed by atoms with Gasteiger partial charge < -0.3 is 20.0 Å². The molecule has 1 spiro atoms. The molecule has 1 unspecified atom stereocenters. The molecule has 4 aliphatic heterocycles. The number of halogens is 1. The maximum atomic E-state index is 13.6. The van der Waals surface area contributed by atoms with Gasteiger partial charge >= 0.3 is 6.03 Å². The number of amides is 3. The third-order valence-corrected chi connectivity index (χ3v) is 10.2. The Morgan fingerprint density at radius 3 is 2.55 bits per heavy atom. The van der Waals surface area contributed by atoms with Gasteiger partial charge in [-0.15, -0.1) is 0 Å². The Labute approximate surface area is 247 Å². The fourth-order valence-corrected chi connectivity index (χ4v) is 8.03. The van der Waals surface area contributed by atoms with Crippen LogP contribution in [0.25, 0.3) is 10.8 Å². The fraction of sp³-hybridized carbons (Fsp3) is 0.471. The molecule has 220 valence electrons. The lowest BCUT2D eigenvalue weighted by atomic mass is 9.85. The second-order valence-electron chi connectivity index (χ2n) is 12.9. The van der Waals surface area contributed by atoms with Crippen LogP contribution in [0.3, 0.4) is 0 Å². The number of para-hydroxylation sites is 1.